The molecule has 5 N–H and O–H groups in total. The standard InChI is InChI=1S/C11H17N7/c1-3-8-7(6-18(2)17-8)5-14-10-4-9(12)15-11(13)16-10/h4,6H,3,5H2,1-2H3,(H5,12,13,14,15,16). The fourth-order valence-electron chi connectivity index (χ4n) is 1.79. The summed E-state index contributed by atoms with van der Waals surface area (Å²) in [5.41, 5.74) is 13.3. The zero-order valence-electron chi connectivity index (χ0n) is 10.5. The number of nitrogens with zero attached hydrogens (tertiary/aromatic N) is 4. The zero-order valence-corrected chi connectivity index (χ0v) is 10.5. The van der Waals surface area contributed by atoms with E-state index >= 15 is 0 Å². The Morgan fingerprint density at radius 1 is 1.33 bits per heavy atom. The van der Waals surface area contributed by atoms with Gasteiger partial charge in [0.2, 0.25) is 5.95 Å². The molecule has 0 radical (unpaired) electrons. The Morgan fingerprint density at radius 3 is 2.78 bits per heavy atom. The lowest BCUT2D eigenvalue weighted by Gasteiger charge is -2.06. The molecule has 0 saturated heterocycles. The summed E-state index contributed by atoms with van der Waals surface area (Å²) in [4.78, 5) is 7.87. The van der Waals surface area contributed by atoms with Gasteiger partial charge < -0.3 is 16.8 Å². The van der Waals surface area contributed by atoms with E-state index in [1.165, 1.54) is 0 Å². The maximum absolute atomic E-state index is 5.60. The molecule has 0 spiro atoms. The molecule has 0 aliphatic heterocycles. The van der Waals surface area contributed by atoms with Crippen molar-refractivity contribution < 1.29 is 0 Å². The average Bonchev–Trinajstić information content (AvgIpc) is 2.66. The summed E-state index contributed by atoms with van der Waals surface area (Å²) >= 11 is 0. The van der Waals surface area contributed by atoms with Crippen LogP contribution in [0.3, 0.4) is 0 Å². The van der Waals surface area contributed by atoms with Crippen molar-refractivity contribution in [3.63, 3.8) is 0 Å². The van der Waals surface area contributed by atoms with Crippen LogP contribution >= 0.6 is 0 Å². The molecule has 0 saturated carbocycles. The molecule has 0 unspecified atom stereocenters. The normalized spacial score (nSPS) is 10.6. The highest BCUT2D eigenvalue weighted by molar-refractivity contribution is 5.48. The van der Waals surface area contributed by atoms with E-state index in [0.717, 1.165) is 17.7 Å². The summed E-state index contributed by atoms with van der Waals surface area (Å²) in [5, 5.41) is 7.54. The van der Waals surface area contributed by atoms with Gasteiger partial charge in [0.25, 0.3) is 0 Å². The van der Waals surface area contributed by atoms with Gasteiger partial charge in [0, 0.05) is 31.4 Å². The van der Waals surface area contributed by atoms with Crippen molar-refractivity contribution in [2.24, 2.45) is 7.05 Å². The first kappa shape index (κ1) is 12.2. The minimum absolute atomic E-state index is 0.166. The molecule has 0 fully saturated rings. The van der Waals surface area contributed by atoms with Gasteiger partial charge >= 0.3 is 0 Å². The first-order chi connectivity index (χ1) is 8.58. The van der Waals surface area contributed by atoms with Crippen LogP contribution < -0.4 is 16.8 Å². The number of aryl methyl sites for hydroxylation is 2. The summed E-state index contributed by atoms with van der Waals surface area (Å²) in [6.45, 7) is 2.71. The fourth-order valence-corrected chi connectivity index (χ4v) is 1.79. The smallest absolute Gasteiger partial charge is 0.223 e. The van der Waals surface area contributed by atoms with Gasteiger partial charge in [-0.05, 0) is 6.42 Å². The number of nitrogen functional groups attached to an aromatic ring is 2. The molecule has 7 heteroatoms. The van der Waals surface area contributed by atoms with Crippen LogP contribution in [0, 0.1) is 0 Å². The molecule has 0 aromatic carbocycles. The molecular formula is C11H17N7. The van der Waals surface area contributed by atoms with Gasteiger partial charge in [0.15, 0.2) is 0 Å². The highest BCUT2D eigenvalue weighted by Gasteiger charge is 2.06. The SMILES string of the molecule is CCc1nn(C)cc1CNc1cc(N)nc(N)n1. The Bertz CT molecular complexity index is 526. The lowest BCUT2D eigenvalue weighted by Crippen LogP contribution is -2.06. The largest absolute Gasteiger partial charge is 0.383 e. The van der Waals surface area contributed by atoms with Crippen LogP contribution in [0.4, 0.5) is 17.6 Å². The third kappa shape index (κ3) is 2.68. The molecule has 18 heavy (non-hydrogen) atoms. The molecule has 2 rings (SSSR count). The number of nitrogens with one attached hydrogen (secondary N) is 1. The predicted molar refractivity (Wildman–Crippen MR) is 70.8 cm³/mol. The van der Waals surface area contributed by atoms with Crippen LogP contribution in [0.25, 0.3) is 0 Å². The second-order valence-corrected chi connectivity index (χ2v) is 4.02. The summed E-state index contributed by atoms with van der Waals surface area (Å²) in [7, 11) is 1.91. The van der Waals surface area contributed by atoms with Crippen molar-refractivity contribution in [2.45, 2.75) is 19.9 Å². The van der Waals surface area contributed by atoms with Crippen LogP contribution in [0.5, 0.6) is 0 Å². The Labute approximate surface area is 105 Å². The first-order valence-electron chi connectivity index (χ1n) is 5.73. The van der Waals surface area contributed by atoms with Crippen LogP contribution in [0.1, 0.15) is 18.2 Å². The van der Waals surface area contributed by atoms with E-state index in [2.05, 4.69) is 27.3 Å². The number of hydrogen-bond donors (Lipinski definition) is 3. The predicted octanol–water partition coefficient (Wildman–Crippen LogP) is 0.549. The third-order valence-electron chi connectivity index (χ3n) is 2.55. The maximum Gasteiger partial charge on any atom is 0.223 e. The number of hydrogen-bond acceptors (Lipinski definition) is 6. The Kier molecular flexibility index (Phi) is 3.31. The van der Waals surface area contributed by atoms with E-state index in [0.29, 0.717) is 18.2 Å². The van der Waals surface area contributed by atoms with Gasteiger partial charge in [0.1, 0.15) is 11.6 Å². The number of rotatable bonds is 4. The summed E-state index contributed by atoms with van der Waals surface area (Å²) < 4.78 is 1.80. The van der Waals surface area contributed by atoms with Crippen molar-refractivity contribution in [3.8, 4) is 0 Å². The van der Waals surface area contributed by atoms with Crippen LogP contribution in [-0.2, 0) is 20.0 Å². The molecule has 0 bridgehead atoms. The van der Waals surface area contributed by atoms with Crippen molar-refractivity contribution >= 4 is 17.6 Å². The quantitative estimate of drug-likeness (QED) is 0.728. The van der Waals surface area contributed by atoms with Crippen LogP contribution in [0.2, 0.25) is 0 Å². The molecule has 0 aliphatic carbocycles. The Balaban J connectivity index is 2.11. The molecule has 2 heterocycles. The maximum atomic E-state index is 5.60. The summed E-state index contributed by atoms with van der Waals surface area (Å²) in [6, 6.07) is 1.65. The zero-order chi connectivity index (χ0) is 13.1. The first-order valence-corrected chi connectivity index (χ1v) is 5.73. The molecule has 0 amide bonds. The molecule has 96 valence electrons. The Morgan fingerprint density at radius 2 is 2.11 bits per heavy atom. The van der Waals surface area contributed by atoms with E-state index in [-0.39, 0.29) is 5.95 Å². The number of aromatic nitrogens is 4. The van der Waals surface area contributed by atoms with Crippen LogP contribution in [-0.4, -0.2) is 19.7 Å². The van der Waals surface area contributed by atoms with Crippen molar-refractivity contribution in [1.29, 1.82) is 0 Å². The highest BCUT2D eigenvalue weighted by Crippen LogP contribution is 2.13. The van der Waals surface area contributed by atoms with E-state index in [1.54, 1.807) is 10.7 Å². The van der Waals surface area contributed by atoms with Crippen molar-refractivity contribution in [3.05, 3.63) is 23.5 Å². The monoisotopic (exact) mass is 247 g/mol. The molecular weight excluding hydrogens is 230 g/mol. The number of nitrogens with two attached hydrogens (primary N) is 2. The topological polar surface area (TPSA) is 108 Å². The van der Waals surface area contributed by atoms with E-state index in [1.807, 2.05) is 13.2 Å². The van der Waals surface area contributed by atoms with Gasteiger partial charge in [-0.1, -0.05) is 6.92 Å². The van der Waals surface area contributed by atoms with Gasteiger partial charge in [-0.2, -0.15) is 15.1 Å². The van der Waals surface area contributed by atoms with Gasteiger partial charge in [0.05, 0.1) is 5.69 Å². The molecule has 0 aliphatic rings. The minimum atomic E-state index is 0.166. The van der Waals surface area contributed by atoms with E-state index in [4.69, 9.17) is 11.5 Å². The molecule has 7 nitrogen and oxygen atoms in total. The van der Waals surface area contributed by atoms with E-state index in [9.17, 15) is 0 Å². The summed E-state index contributed by atoms with van der Waals surface area (Å²) in [6.07, 6.45) is 2.88. The van der Waals surface area contributed by atoms with Gasteiger partial charge in [-0.15, -0.1) is 0 Å². The van der Waals surface area contributed by atoms with Crippen LogP contribution in [0.15, 0.2) is 12.3 Å². The minimum Gasteiger partial charge on any atom is -0.383 e. The third-order valence-corrected chi connectivity index (χ3v) is 2.55. The second kappa shape index (κ2) is 4.91. The van der Waals surface area contributed by atoms with Gasteiger partial charge in [-0.25, -0.2) is 0 Å². The molecule has 2 aromatic rings. The second-order valence-electron chi connectivity index (χ2n) is 4.02. The number of anilines is 3. The van der Waals surface area contributed by atoms with E-state index < -0.39 is 0 Å². The Hall–Kier alpha value is -2.31. The fraction of sp³-hybridized carbons (Fsp3) is 0.364. The van der Waals surface area contributed by atoms with Crippen molar-refractivity contribution in [1.82, 2.24) is 19.7 Å². The molecule has 0 atom stereocenters. The molecule has 2 aromatic heterocycles. The van der Waals surface area contributed by atoms with Crippen molar-refractivity contribution in [2.75, 3.05) is 16.8 Å². The average molecular weight is 247 g/mol. The highest BCUT2D eigenvalue weighted by atomic mass is 15.3. The summed E-state index contributed by atoms with van der Waals surface area (Å²) in [5.74, 6) is 1.14. The van der Waals surface area contributed by atoms with Gasteiger partial charge in [-0.3, -0.25) is 4.68 Å². The lowest BCUT2D eigenvalue weighted by atomic mass is 10.2. The lowest BCUT2D eigenvalue weighted by molar-refractivity contribution is 0.746.